The van der Waals surface area contributed by atoms with Crippen molar-refractivity contribution >= 4 is 0 Å². The molecule has 6 nitrogen and oxygen atoms in total. The van der Waals surface area contributed by atoms with Gasteiger partial charge in [0.15, 0.2) is 17.9 Å². The summed E-state index contributed by atoms with van der Waals surface area (Å²) in [6.07, 6.45) is 0.101. The summed E-state index contributed by atoms with van der Waals surface area (Å²) in [4.78, 5) is 0. The minimum absolute atomic E-state index is 0.115. The number of nitrogens with two attached hydrogens (primary N) is 1. The summed E-state index contributed by atoms with van der Waals surface area (Å²) in [5.74, 6) is -1.74. The maximum absolute atomic E-state index is 9.56. The quantitative estimate of drug-likeness (QED) is 0.752. The highest BCUT2D eigenvalue weighted by Crippen LogP contribution is 2.35. The molecule has 0 saturated carbocycles. The molecule has 2 saturated heterocycles. The molecule has 0 spiro atoms. The molecule has 0 aliphatic carbocycles. The first kappa shape index (κ1) is 19.8. The van der Waals surface area contributed by atoms with Gasteiger partial charge < -0.3 is 29.8 Å². The van der Waals surface area contributed by atoms with E-state index in [1.165, 1.54) is 7.05 Å². The lowest BCUT2D eigenvalue weighted by Gasteiger charge is -2.33. The van der Waals surface area contributed by atoms with Gasteiger partial charge in [0.2, 0.25) is 0 Å². The standard InChI is InChI=1S/C11H20O5.C2H6.CH5N/c1-10(2,12)14-7-5-8-9(13-6-7)16-11(3,4)15-8;2*1-2/h7-9,12H,5-6H2,1-4H3;1-2H3;2H2,1H3/t7-,8?,9?;;/m0../s1. The van der Waals surface area contributed by atoms with E-state index in [9.17, 15) is 5.11 Å². The number of aliphatic hydroxyl groups is 1. The Hall–Kier alpha value is -0.240. The molecule has 122 valence electrons. The lowest BCUT2D eigenvalue weighted by atomic mass is 10.1. The van der Waals surface area contributed by atoms with Gasteiger partial charge in [0.1, 0.15) is 6.10 Å². The molecule has 2 aliphatic heterocycles. The van der Waals surface area contributed by atoms with Gasteiger partial charge in [-0.2, -0.15) is 0 Å². The van der Waals surface area contributed by atoms with Crippen molar-refractivity contribution in [2.24, 2.45) is 5.73 Å². The van der Waals surface area contributed by atoms with E-state index in [1.54, 1.807) is 13.8 Å². The van der Waals surface area contributed by atoms with Crippen LogP contribution in [0.1, 0.15) is 48.0 Å². The van der Waals surface area contributed by atoms with Crippen LogP contribution in [0.3, 0.4) is 0 Å². The summed E-state index contributed by atoms with van der Waals surface area (Å²) in [5.41, 5.74) is 4.50. The van der Waals surface area contributed by atoms with Gasteiger partial charge in [-0.15, -0.1) is 0 Å². The van der Waals surface area contributed by atoms with Crippen LogP contribution < -0.4 is 5.73 Å². The summed E-state index contributed by atoms with van der Waals surface area (Å²) in [6.45, 7) is 11.4. The Morgan fingerprint density at radius 2 is 1.75 bits per heavy atom. The summed E-state index contributed by atoms with van der Waals surface area (Å²) in [5, 5.41) is 9.56. The van der Waals surface area contributed by atoms with Gasteiger partial charge in [0, 0.05) is 6.42 Å². The Morgan fingerprint density at radius 1 is 1.20 bits per heavy atom. The molecule has 0 amide bonds. The molecular weight excluding hydrogens is 262 g/mol. The average Bonchev–Trinajstić information content (AvgIpc) is 2.65. The highest BCUT2D eigenvalue weighted by molar-refractivity contribution is 4.83. The van der Waals surface area contributed by atoms with Crippen molar-refractivity contribution in [3.05, 3.63) is 0 Å². The molecule has 0 bridgehead atoms. The fourth-order valence-corrected chi connectivity index (χ4v) is 2.12. The Labute approximate surface area is 122 Å². The average molecular weight is 293 g/mol. The van der Waals surface area contributed by atoms with E-state index in [-0.39, 0.29) is 18.5 Å². The molecule has 20 heavy (non-hydrogen) atoms. The number of ether oxygens (including phenoxy) is 4. The zero-order chi connectivity index (χ0) is 16.0. The number of fused-ring (bicyclic) bond motifs is 1. The van der Waals surface area contributed by atoms with Gasteiger partial charge in [0.05, 0.1) is 12.7 Å². The fourth-order valence-electron chi connectivity index (χ4n) is 2.12. The number of rotatable bonds is 2. The van der Waals surface area contributed by atoms with Crippen LogP contribution in [-0.2, 0) is 18.9 Å². The molecule has 3 N–H and O–H groups in total. The molecule has 2 rings (SSSR count). The second kappa shape index (κ2) is 8.26. The summed E-state index contributed by atoms with van der Waals surface area (Å²) >= 11 is 0. The van der Waals surface area contributed by atoms with Crippen molar-refractivity contribution in [2.75, 3.05) is 13.7 Å². The Morgan fingerprint density at radius 3 is 2.25 bits per heavy atom. The second-order valence-electron chi connectivity index (χ2n) is 5.30. The van der Waals surface area contributed by atoms with Gasteiger partial charge in [0.25, 0.3) is 0 Å². The zero-order valence-electron chi connectivity index (χ0n) is 13.8. The minimum Gasteiger partial charge on any atom is -0.366 e. The third kappa shape index (κ3) is 6.47. The minimum atomic E-state index is -1.14. The van der Waals surface area contributed by atoms with Crippen molar-refractivity contribution in [2.45, 2.75) is 78.0 Å². The second-order valence-corrected chi connectivity index (χ2v) is 5.30. The van der Waals surface area contributed by atoms with E-state index in [4.69, 9.17) is 18.9 Å². The molecule has 6 heteroatoms. The maximum atomic E-state index is 9.56. The Balaban J connectivity index is 0.000000829. The van der Waals surface area contributed by atoms with Gasteiger partial charge in [-0.25, -0.2) is 0 Å². The van der Waals surface area contributed by atoms with E-state index < -0.39 is 11.6 Å². The van der Waals surface area contributed by atoms with Crippen LogP contribution in [0.4, 0.5) is 0 Å². The van der Waals surface area contributed by atoms with Crippen LogP contribution in [0, 0.1) is 0 Å². The Bertz CT molecular complexity index is 265. The first-order chi connectivity index (χ1) is 9.25. The van der Waals surface area contributed by atoms with Crippen LogP contribution in [0.15, 0.2) is 0 Å². The van der Waals surface area contributed by atoms with Crippen LogP contribution in [0.5, 0.6) is 0 Å². The summed E-state index contributed by atoms with van der Waals surface area (Å²) in [7, 11) is 1.50. The highest BCUT2D eigenvalue weighted by atomic mass is 16.8. The highest BCUT2D eigenvalue weighted by Gasteiger charge is 2.46. The van der Waals surface area contributed by atoms with Gasteiger partial charge >= 0.3 is 0 Å². The van der Waals surface area contributed by atoms with Gasteiger partial charge in [-0.3, -0.25) is 0 Å². The SMILES string of the molecule is CC.CC(C)(O)O[C@@H]1COC2OC(C)(C)OC2C1.CN. The van der Waals surface area contributed by atoms with Crippen molar-refractivity contribution in [1.82, 2.24) is 0 Å². The summed E-state index contributed by atoms with van der Waals surface area (Å²) < 4.78 is 22.2. The monoisotopic (exact) mass is 293 g/mol. The van der Waals surface area contributed by atoms with Crippen LogP contribution in [0.2, 0.25) is 0 Å². The molecule has 2 fully saturated rings. The normalized spacial score (nSPS) is 31.4. The third-order valence-corrected chi connectivity index (χ3v) is 2.54. The molecular formula is C14H31NO5. The van der Waals surface area contributed by atoms with Crippen molar-refractivity contribution in [3.8, 4) is 0 Å². The van der Waals surface area contributed by atoms with E-state index in [0.29, 0.717) is 13.0 Å². The smallest absolute Gasteiger partial charge is 0.187 e. The molecule has 0 aromatic heterocycles. The molecule has 0 radical (unpaired) electrons. The fraction of sp³-hybridized carbons (Fsp3) is 1.00. The Kier molecular flexibility index (Phi) is 8.16. The zero-order valence-corrected chi connectivity index (χ0v) is 13.8. The van der Waals surface area contributed by atoms with Crippen LogP contribution in [-0.4, -0.2) is 48.8 Å². The molecule has 2 unspecified atom stereocenters. The molecule has 2 heterocycles. The van der Waals surface area contributed by atoms with E-state index >= 15 is 0 Å². The first-order valence-corrected chi connectivity index (χ1v) is 7.20. The van der Waals surface area contributed by atoms with Crippen LogP contribution in [0.25, 0.3) is 0 Å². The predicted molar refractivity (Wildman–Crippen MR) is 77.0 cm³/mol. The van der Waals surface area contributed by atoms with Gasteiger partial charge in [-0.1, -0.05) is 13.8 Å². The maximum Gasteiger partial charge on any atom is 0.187 e. The topological polar surface area (TPSA) is 83.2 Å². The third-order valence-electron chi connectivity index (χ3n) is 2.54. The molecule has 0 aromatic rings. The number of hydrogen-bond donors (Lipinski definition) is 2. The number of hydrogen-bond acceptors (Lipinski definition) is 6. The van der Waals surface area contributed by atoms with Crippen LogP contribution >= 0.6 is 0 Å². The first-order valence-electron chi connectivity index (χ1n) is 7.20. The van der Waals surface area contributed by atoms with E-state index in [0.717, 1.165) is 0 Å². The lowest BCUT2D eigenvalue weighted by molar-refractivity contribution is -0.254. The summed E-state index contributed by atoms with van der Waals surface area (Å²) in [6, 6.07) is 0. The van der Waals surface area contributed by atoms with Crippen molar-refractivity contribution in [1.29, 1.82) is 0 Å². The molecule has 0 aromatic carbocycles. The van der Waals surface area contributed by atoms with E-state index in [1.807, 2.05) is 27.7 Å². The van der Waals surface area contributed by atoms with Crippen molar-refractivity contribution in [3.63, 3.8) is 0 Å². The molecule has 3 atom stereocenters. The molecule has 2 aliphatic rings. The van der Waals surface area contributed by atoms with Gasteiger partial charge in [-0.05, 0) is 34.7 Å². The van der Waals surface area contributed by atoms with E-state index in [2.05, 4.69) is 5.73 Å². The lowest BCUT2D eigenvalue weighted by Crippen LogP contribution is -2.43. The largest absolute Gasteiger partial charge is 0.366 e. The van der Waals surface area contributed by atoms with Crippen molar-refractivity contribution < 1.29 is 24.1 Å². The predicted octanol–water partition coefficient (Wildman–Crippen LogP) is 1.60.